The van der Waals surface area contributed by atoms with E-state index in [9.17, 15) is 4.79 Å². The molecule has 0 saturated carbocycles. The molecule has 0 saturated heterocycles. The molecule has 3 nitrogen and oxygen atoms in total. The van der Waals surface area contributed by atoms with Crippen molar-refractivity contribution < 1.29 is 4.79 Å². The highest BCUT2D eigenvalue weighted by Gasteiger charge is 2.07. The lowest BCUT2D eigenvalue weighted by atomic mass is 10.0. The van der Waals surface area contributed by atoms with Gasteiger partial charge in [-0.25, -0.2) is 0 Å². The van der Waals surface area contributed by atoms with E-state index in [1.165, 1.54) is 0 Å². The van der Waals surface area contributed by atoms with Crippen LogP contribution in [0.5, 0.6) is 0 Å². The summed E-state index contributed by atoms with van der Waals surface area (Å²) in [6.45, 7) is 0. The quantitative estimate of drug-likeness (QED) is 0.509. The summed E-state index contributed by atoms with van der Waals surface area (Å²) in [7, 11) is 0. The molecule has 4 heteroatoms. The van der Waals surface area contributed by atoms with Crippen LogP contribution >= 0.6 is 11.8 Å². The van der Waals surface area contributed by atoms with Crippen LogP contribution in [-0.2, 0) is 0 Å². The lowest BCUT2D eigenvalue weighted by Crippen LogP contribution is -2.10. The van der Waals surface area contributed by atoms with Gasteiger partial charge >= 0.3 is 0 Å². The van der Waals surface area contributed by atoms with Gasteiger partial charge in [-0.05, 0) is 11.1 Å². The first kappa shape index (κ1) is 13.4. The van der Waals surface area contributed by atoms with Gasteiger partial charge in [0.2, 0.25) is 0 Å². The Morgan fingerprint density at radius 2 is 1.58 bits per heavy atom. The van der Waals surface area contributed by atoms with E-state index < -0.39 is 0 Å². The van der Waals surface area contributed by atoms with Gasteiger partial charge in [0.05, 0.1) is 5.75 Å². The first-order valence-electron chi connectivity index (χ1n) is 5.82. The summed E-state index contributed by atoms with van der Waals surface area (Å²) < 4.78 is 0. The smallest absolute Gasteiger partial charge is 0.173 e. The van der Waals surface area contributed by atoms with Crippen molar-refractivity contribution in [3.63, 3.8) is 0 Å². The Morgan fingerprint density at radius 3 is 2.16 bits per heavy atom. The molecule has 2 rings (SSSR count). The lowest BCUT2D eigenvalue weighted by molar-refractivity contribution is 0.102. The molecule has 0 aliphatic carbocycles. The van der Waals surface area contributed by atoms with Gasteiger partial charge in [-0.15, -0.1) is 0 Å². The molecule has 0 bridgehead atoms. The maximum atomic E-state index is 11.8. The highest BCUT2D eigenvalue weighted by Crippen LogP contribution is 2.19. The third kappa shape index (κ3) is 3.69. The molecule has 0 atom stereocenters. The number of benzene rings is 2. The molecular formula is C15H14N2OS. The first-order chi connectivity index (χ1) is 9.16. The summed E-state index contributed by atoms with van der Waals surface area (Å²) in [5.74, 6) is 0.194. The highest BCUT2D eigenvalue weighted by atomic mass is 32.2. The number of rotatable bonds is 4. The van der Waals surface area contributed by atoms with E-state index in [0.29, 0.717) is 5.56 Å². The fraction of sp³-hybridized carbons (Fsp3) is 0.0667. The van der Waals surface area contributed by atoms with E-state index in [1.54, 1.807) is 0 Å². The monoisotopic (exact) mass is 270 g/mol. The van der Waals surface area contributed by atoms with Gasteiger partial charge in [0.15, 0.2) is 11.0 Å². The first-order valence-corrected chi connectivity index (χ1v) is 6.81. The molecule has 19 heavy (non-hydrogen) atoms. The van der Waals surface area contributed by atoms with Crippen LogP contribution in [0.3, 0.4) is 0 Å². The van der Waals surface area contributed by atoms with Crippen LogP contribution in [0.1, 0.15) is 10.4 Å². The Labute approximate surface area is 116 Å². The van der Waals surface area contributed by atoms with Gasteiger partial charge in [-0.2, -0.15) is 0 Å². The summed E-state index contributed by atoms with van der Waals surface area (Å²) in [5.41, 5.74) is 8.06. The van der Waals surface area contributed by atoms with Gasteiger partial charge < -0.3 is 5.73 Å². The SMILES string of the molecule is N=C(N)SCC(=O)c1ccc(-c2ccccc2)cc1. The van der Waals surface area contributed by atoms with E-state index in [2.05, 4.69) is 0 Å². The van der Waals surface area contributed by atoms with E-state index >= 15 is 0 Å². The summed E-state index contributed by atoms with van der Waals surface area (Å²) in [4.78, 5) is 11.8. The molecule has 0 aromatic heterocycles. The topological polar surface area (TPSA) is 66.9 Å². The molecule has 0 unspecified atom stereocenters. The molecule has 0 spiro atoms. The van der Waals surface area contributed by atoms with E-state index in [-0.39, 0.29) is 16.7 Å². The zero-order chi connectivity index (χ0) is 13.7. The van der Waals surface area contributed by atoms with Crippen LogP contribution in [0.15, 0.2) is 54.6 Å². The Kier molecular flexibility index (Phi) is 4.36. The van der Waals surface area contributed by atoms with Crippen LogP contribution in [-0.4, -0.2) is 16.7 Å². The largest absolute Gasteiger partial charge is 0.379 e. The molecule has 2 aromatic rings. The Hall–Kier alpha value is -2.07. The number of hydrogen-bond donors (Lipinski definition) is 2. The van der Waals surface area contributed by atoms with Gasteiger partial charge in [0.1, 0.15) is 0 Å². The summed E-state index contributed by atoms with van der Waals surface area (Å²) in [6, 6.07) is 17.5. The van der Waals surface area contributed by atoms with Crippen molar-refractivity contribution in [2.24, 2.45) is 5.73 Å². The molecular weight excluding hydrogens is 256 g/mol. The summed E-state index contributed by atoms with van der Waals surface area (Å²) >= 11 is 1.05. The van der Waals surface area contributed by atoms with Crippen molar-refractivity contribution in [1.82, 2.24) is 0 Å². The number of hydrogen-bond acceptors (Lipinski definition) is 3. The van der Waals surface area contributed by atoms with Gasteiger partial charge in [-0.3, -0.25) is 10.2 Å². The maximum Gasteiger partial charge on any atom is 0.173 e. The number of ketones is 1. The number of carbonyl (C=O) groups is 1. The molecule has 96 valence electrons. The molecule has 0 amide bonds. The third-order valence-electron chi connectivity index (χ3n) is 2.67. The number of thioether (sulfide) groups is 1. The highest BCUT2D eigenvalue weighted by molar-refractivity contribution is 8.14. The predicted molar refractivity (Wildman–Crippen MR) is 80.6 cm³/mol. The van der Waals surface area contributed by atoms with Crippen LogP contribution < -0.4 is 5.73 Å². The zero-order valence-electron chi connectivity index (χ0n) is 10.3. The number of Topliss-reactive ketones (excluding diaryl/α,β-unsaturated/α-hetero) is 1. The van der Waals surface area contributed by atoms with E-state index in [1.807, 2.05) is 54.6 Å². The fourth-order valence-corrected chi connectivity index (χ4v) is 2.16. The van der Waals surface area contributed by atoms with Crippen molar-refractivity contribution in [3.05, 3.63) is 60.2 Å². The van der Waals surface area contributed by atoms with Crippen molar-refractivity contribution in [1.29, 1.82) is 5.41 Å². The Bertz CT molecular complexity index is 579. The normalized spacial score (nSPS) is 10.1. The average molecular weight is 270 g/mol. The summed E-state index contributed by atoms with van der Waals surface area (Å²) in [6.07, 6.45) is 0. The Morgan fingerprint density at radius 1 is 1.00 bits per heavy atom. The molecule has 0 heterocycles. The lowest BCUT2D eigenvalue weighted by Gasteiger charge is -2.04. The van der Waals surface area contributed by atoms with Crippen molar-refractivity contribution in [3.8, 4) is 11.1 Å². The van der Waals surface area contributed by atoms with Crippen molar-refractivity contribution >= 4 is 22.7 Å². The van der Waals surface area contributed by atoms with Crippen LogP contribution in [0.2, 0.25) is 0 Å². The second kappa shape index (κ2) is 6.20. The van der Waals surface area contributed by atoms with Crippen LogP contribution in [0.25, 0.3) is 11.1 Å². The van der Waals surface area contributed by atoms with Gasteiger partial charge in [0, 0.05) is 5.56 Å². The van der Waals surface area contributed by atoms with Gasteiger partial charge in [-0.1, -0.05) is 66.4 Å². The van der Waals surface area contributed by atoms with Crippen molar-refractivity contribution in [2.75, 3.05) is 5.75 Å². The number of nitrogens with one attached hydrogen (secondary N) is 1. The molecule has 2 aromatic carbocycles. The molecule has 0 aliphatic heterocycles. The van der Waals surface area contributed by atoms with Gasteiger partial charge in [0.25, 0.3) is 0 Å². The predicted octanol–water partition coefficient (Wildman–Crippen LogP) is 3.16. The minimum Gasteiger partial charge on any atom is -0.379 e. The van der Waals surface area contributed by atoms with Crippen molar-refractivity contribution in [2.45, 2.75) is 0 Å². The number of carbonyl (C=O) groups excluding carboxylic acids is 1. The Balaban J connectivity index is 2.10. The number of nitrogens with two attached hydrogens (primary N) is 1. The number of amidine groups is 1. The second-order valence-electron chi connectivity index (χ2n) is 4.02. The molecule has 3 N–H and O–H groups in total. The van der Waals surface area contributed by atoms with Crippen LogP contribution in [0, 0.1) is 5.41 Å². The molecule has 0 fully saturated rings. The third-order valence-corrected chi connectivity index (χ3v) is 3.39. The van der Waals surface area contributed by atoms with Crippen LogP contribution in [0.4, 0.5) is 0 Å². The second-order valence-corrected chi connectivity index (χ2v) is 5.04. The minimum atomic E-state index is -0.0331. The van der Waals surface area contributed by atoms with E-state index in [0.717, 1.165) is 22.9 Å². The summed E-state index contributed by atoms with van der Waals surface area (Å²) in [5, 5.41) is 7.05. The standard InChI is InChI=1S/C15H14N2OS/c16-15(17)19-10-14(18)13-8-6-12(7-9-13)11-4-2-1-3-5-11/h1-9H,10H2,(H3,16,17). The maximum absolute atomic E-state index is 11.8. The zero-order valence-corrected chi connectivity index (χ0v) is 11.1. The fourth-order valence-electron chi connectivity index (χ4n) is 1.71. The average Bonchev–Trinajstić information content (AvgIpc) is 2.46. The molecule has 0 radical (unpaired) electrons. The van der Waals surface area contributed by atoms with E-state index in [4.69, 9.17) is 11.1 Å². The minimum absolute atomic E-state index is 0.0141. The molecule has 0 aliphatic rings.